The van der Waals surface area contributed by atoms with Crippen molar-refractivity contribution in [2.45, 2.75) is 46.5 Å². The summed E-state index contributed by atoms with van der Waals surface area (Å²) in [5, 5.41) is 0. The SMILES string of the molecule is Cc1cc(C)cc(N=C(CC(=Nc2cc(C)cc(C)c2)C(F)(F)F)C(F)(F)F)c1. The molecule has 156 valence electrons. The molecule has 0 N–H and O–H groups in total. The van der Waals surface area contributed by atoms with E-state index in [0.29, 0.717) is 22.3 Å². The van der Waals surface area contributed by atoms with Crippen molar-refractivity contribution in [1.29, 1.82) is 0 Å². The highest BCUT2D eigenvalue weighted by Crippen LogP contribution is 2.30. The highest BCUT2D eigenvalue weighted by molar-refractivity contribution is 6.10. The van der Waals surface area contributed by atoms with Gasteiger partial charge in [0.1, 0.15) is 11.4 Å². The average Bonchev–Trinajstić information content (AvgIpc) is 2.49. The zero-order valence-corrected chi connectivity index (χ0v) is 16.3. The maximum Gasteiger partial charge on any atom is 0.429 e. The molecular formula is C21H20F6N2. The number of nitrogens with zero attached hydrogens (tertiary/aromatic N) is 2. The smallest absolute Gasteiger partial charge is 0.248 e. The van der Waals surface area contributed by atoms with Gasteiger partial charge in [-0.1, -0.05) is 12.1 Å². The first-order valence-electron chi connectivity index (χ1n) is 8.70. The summed E-state index contributed by atoms with van der Waals surface area (Å²) in [4.78, 5) is 6.98. The summed E-state index contributed by atoms with van der Waals surface area (Å²) in [6, 6.07) is 8.99. The normalized spacial score (nSPS) is 13.7. The second kappa shape index (κ2) is 8.39. The largest absolute Gasteiger partial charge is 0.429 e. The number of hydrogen-bond acceptors (Lipinski definition) is 2. The van der Waals surface area contributed by atoms with Gasteiger partial charge < -0.3 is 0 Å². The molecule has 0 bridgehead atoms. The van der Waals surface area contributed by atoms with Gasteiger partial charge in [0, 0.05) is 6.42 Å². The van der Waals surface area contributed by atoms with E-state index >= 15 is 0 Å². The van der Waals surface area contributed by atoms with E-state index in [1.165, 1.54) is 24.3 Å². The van der Waals surface area contributed by atoms with E-state index in [-0.39, 0.29) is 11.4 Å². The minimum atomic E-state index is -5.04. The molecule has 0 aliphatic rings. The number of benzene rings is 2. The number of halogens is 6. The van der Waals surface area contributed by atoms with E-state index < -0.39 is 30.2 Å². The fourth-order valence-electron chi connectivity index (χ4n) is 2.91. The Kier molecular flexibility index (Phi) is 6.55. The summed E-state index contributed by atoms with van der Waals surface area (Å²) in [5.74, 6) is 0. The molecular weight excluding hydrogens is 394 g/mol. The third-order valence-corrected chi connectivity index (χ3v) is 3.93. The quantitative estimate of drug-likeness (QED) is 0.371. The van der Waals surface area contributed by atoms with E-state index in [1.54, 1.807) is 39.8 Å². The monoisotopic (exact) mass is 414 g/mol. The van der Waals surface area contributed by atoms with Gasteiger partial charge in [0.25, 0.3) is 0 Å². The van der Waals surface area contributed by atoms with Gasteiger partial charge in [-0.25, -0.2) is 9.98 Å². The van der Waals surface area contributed by atoms with Crippen molar-refractivity contribution in [3.63, 3.8) is 0 Å². The fraction of sp³-hybridized carbons (Fsp3) is 0.333. The van der Waals surface area contributed by atoms with E-state index in [9.17, 15) is 26.3 Å². The van der Waals surface area contributed by atoms with Crippen LogP contribution in [-0.4, -0.2) is 23.8 Å². The minimum Gasteiger partial charge on any atom is -0.248 e. The van der Waals surface area contributed by atoms with Crippen molar-refractivity contribution >= 4 is 22.8 Å². The molecule has 0 aromatic heterocycles. The van der Waals surface area contributed by atoms with Crippen molar-refractivity contribution in [2.75, 3.05) is 0 Å². The van der Waals surface area contributed by atoms with E-state index in [4.69, 9.17) is 0 Å². The Balaban J connectivity index is 2.54. The summed E-state index contributed by atoms with van der Waals surface area (Å²) >= 11 is 0. The fourth-order valence-corrected chi connectivity index (χ4v) is 2.91. The molecule has 0 fully saturated rings. The second-order valence-electron chi connectivity index (χ2n) is 6.98. The lowest BCUT2D eigenvalue weighted by Gasteiger charge is -2.15. The highest BCUT2D eigenvalue weighted by atomic mass is 19.4. The van der Waals surface area contributed by atoms with Crippen molar-refractivity contribution < 1.29 is 26.3 Å². The molecule has 0 unspecified atom stereocenters. The van der Waals surface area contributed by atoms with Gasteiger partial charge in [-0.05, 0) is 74.2 Å². The Labute approximate surface area is 165 Å². The lowest BCUT2D eigenvalue weighted by Crippen LogP contribution is -2.32. The Morgan fingerprint density at radius 2 is 0.862 bits per heavy atom. The van der Waals surface area contributed by atoms with E-state index in [0.717, 1.165) is 0 Å². The summed E-state index contributed by atoms with van der Waals surface area (Å²) in [6.45, 7) is 6.67. The number of aryl methyl sites for hydroxylation is 4. The molecule has 2 nitrogen and oxygen atoms in total. The van der Waals surface area contributed by atoms with Crippen LogP contribution in [0.25, 0.3) is 0 Å². The van der Waals surface area contributed by atoms with Gasteiger partial charge in [0.05, 0.1) is 11.4 Å². The van der Waals surface area contributed by atoms with Crippen LogP contribution in [0.5, 0.6) is 0 Å². The molecule has 2 aromatic rings. The molecule has 2 rings (SSSR count). The maximum absolute atomic E-state index is 13.5. The number of aliphatic imine (C=N–C) groups is 2. The molecule has 8 heteroatoms. The minimum absolute atomic E-state index is 0.0530. The summed E-state index contributed by atoms with van der Waals surface area (Å²) < 4.78 is 80.8. The summed E-state index contributed by atoms with van der Waals surface area (Å²) in [5.41, 5.74) is -0.581. The van der Waals surface area contributed by atoms with Gasteiger partial charge >= 0.3 is 12.4 Å². The number of hydrogen-bond donors (Lipinski definition) is 0. The molecule has 29 heavy (non-hydrogen) atoms. The van der Waals surface area contributed by atoms with Crippen molar-refractivity contribution in [3.8, 4) is 0 Å². The first-order valence-corrected chi connectivity index (χ1v) is 8.70. The molecule has 0 heterocycles. The molecule has 0 aliphatic carbocycles. The van der Waals surface area contributed by atoms with Crippen LogP contribution in [0.1, 0.15) is 28.7 Å². The van der Waals surface area contributed by atoms with E-state index in [2.05, 4.69) is 9.98 Å². The molecule has 0 atom stereocenters. The van der Waals surface area contributed by atoms with Gasteiger partial charge in [-0.3, -0.25) is 0 Å². The number of alkyl halides is 6. The number of rotatable bonds is 4. The van der Waals surface area contributed by atoms with Crippen molar-refractivity contribution in [3.05, 3.63) is 58.7 Å². The van der Waals surface area contributed by atoms with Crippen LogP contribution in [-0.2, 0) is 0 Å². The predicted molar refractivity (Wildman–Crippen MR) is 103 cm³/mol. The van der Waals surface area contributed by atoms with Crippen molar-refractivity contribution in [2.24, 2.45) is 9.98 Å². The van der Waals surface area contributed by atoms with Crippen LogP contribution >= 0.6 is 0 Å². The summed E-state index contributed by atoms with van der Waals surface area (Å²) in [7, 11) is 0. The zero-order chi connectivity index (χ0) is 22.0. The van der Waals surface area contributed by atoms with Crippen LogP contribution in [0.2, 0.25) is 0 Å². The van der Waals surface area contributed by atoms with Crippen LogP contribution in [0.4, 0.5) is 37.7 Å². The van der Waals surface area contributed by atoms with Gasteiger partial charge in [0.2, 0.25) is 0 Å². The standard InChI is InChI=1S/C21H20F6N2/c1-12-5-13(2)8-16(7-12)28-18(20(22,23)24)11-19(21(25,26)27)29-17-9-14(3)6-15(4)10-17/h5-10H,11H2,1-4H3. The Hall–Kier alpha value is -2.64. The molecule has 0 saturated carbocycles. The molecule has 0 amide bonds. The maximum atomic E-state index is 13.5. The first kappa shape index (κ1) is 22.6. The molecule has 0 spiro atoms. The van der Waals surface area contributed by atoms with Crippen LogP contribution in [0.3, 0.4) is 0 Å². The lowest BCUT2D eigenvalue weighted by molar-refractivity contribution is -0.0649. The van der Waals surface area contributed by atoms with Crippen LogP contribution in [0.15, 0.2) is 46.4 Å². The van der Waals surface area contributed by atoms with Gasteiger partial charge in [-0.2, -0.15) is 26.3 Å². The third-order valence-electron chi connectivity index (χ3n) is 3.93. The molecule has 2 aromatic carbocycles. The van der Waals surface area contributed by atoms with E-state index in [1.807, 2.05) is 0 Å². The Morgan fingerprint density at radius 3 is 1.10 bits per heavy atom. The third kappa shape index (κ3) is 6.73. The van der Waals surface area contributed by atoms with Crippen molar-refractivity contribution in [1.82, 2.24) is 0 Å². The average molecular weight is 414 g/mol. The Morgan fingerprint density at radius 1 is 0.586 bits per heavy atom. The van der Waals surface area contributed by atoms with Crippen LogP contribution < -0.4 is 0 Å². The van der Waals surface area contributed by atoms with Gasteiger partial charge in [0.15, 0.2) is 0 Å². The van der Waals surface area contributed by atoms with Crippen LogP contribution in [0, 0.1) is 27.7 Å². The second-order valence-corrected chi connectivity index (χ2v) is 6.98. The lowest BCUT2D eigenvalue weighted by atomic mass is 10.1. The zero-order valence-electron chi connectivity index (χ0n) is 16.3. The topological polar surface area (TPSA) is 24.7 Å². The first-order chi connectivity index (χ1) is 13.2. The summed E-state index contributed by atoms with van der Waals surface area (Å²) in [6.07, 6.45) is -11.6. The predicted octanol–water partition coefficient (Wildman–Crippen LogP) is 7.28. The molecule has 0 radical (unpaired) electrons. The highest BCUT2D eigenvalue weighted by Gasteiger charge is 2.43. The van der Waals surface area contributed by atoms with Gasteiger partial charge in [-0.15, -0.1) is 0 Å². The Bertz CT molecular complexity index is 835. The molecule has 0 aliphatic heterocycles. The molecule has 0 saturated heterocycles.